The Bertz CT molecular complexity index is 451. The molecule has 18 heavy (non-hydrogen) atoms. The van der Waals surface area contributed by atoms with Crippen molar-refractivity contribution in [1.82, 2.24) is 4.90 Å². The third-order valence-electron chi connectivity index (χ3n) is 3.80. The lowest BCUT2D eigenvalue weighted by atomic mass is 9.95. The average Bonchev–Trinajstić information content (AvgIpc) is 2.73. The number of hydrogen-bond donors (Lipinski definition) is 0. The Kier molecular flexibility index (Phi) is 3.70. The molecule has 2 rings (SSSR count). The van der Waals surface area contributed by atoms with Crippen LogP contribution in [0.2, 0.25) is 5.02 Å². The zero-order valence-corrected chi connectivity index (χ0v) is 12.3. The molecule has 1 aliphatic rings. The van der Waals surface area contributed by atoms with Crippen molar-refractivity contribution in [2.75, 3.05) is 6.54 Å². The molecule has 0 bridgehead atoms. The molecule has 0 aliphatic carbocycles. The zero-order valence-electron chi connectivity index (χ0n) is 11.6. The quantitative estimate of drug-likeness (QED) is 0.713. The molecule has 1 saturated heterocycles. The maximum atomic E-state index is 13.7. The minimum Gasteiger partial charge on any atom is -0.291 e. The molecule has 1 aromatic rings. The first-order valence-electron chi connectivity index (χ1n) is 6.53. The van der Waals surface area contributed by atoms with E-state index in [0.29, 0.717) is 5.02 Å². The number of benzene rings is 1. The van der Waals surface area contributed by atoms with Crippen molar-refractivity contribution in [3.8, 4) is 0 Å². The molecule has 3 heteroatoms. The van der Waals surface area contributed by atoms with E-state index in [1.54, 1.807) is 0 Å². The van der Waals surface area contributed by atoms with E-state index in [4.69, 9.17) is 11.6 Å². The molecule has 100 valence electrons. The summed E-state index contributed by atoms with van der Waals surface area (Å²) < 4.78 is 13.7. The second kappa shape index (κ2) is 4.82. The molecule has 1 atom stereocenters. The zero-order chi connectivity index (χ0) is 13.5. The van der Waals surface area contributed by atoms with Crippen molar-refractivity contribution >= 4 is 11.6 Å². The Hall–Kier alpha value is -0.600. The summed E-state index contributed by atoms with van der Waals surface area (Å²) in [5.74, 6) is -0.307. The predicted molar refractivity (Wildman–Crippen MR) is 74.6 cm³/mol. The minimum atomic E-state index is -0.307. The van der Waals surface area contributed by atoms with Crippen LogP contribution in [0.25, 0.3) is 0 Å². The van der Waals surface area contributed by atoms with Crippen LogP contribution in [-0.4, -0.2) is 17.0 Å². The highest BCUT2D eigenvalue weighted by Crippen LogP contribution is 2.41. The summed E-state index contributed by atoms with van der Waals surface area (Å²) in [4.78, 5) is 2.43. The highest BCUT2D eigenvalue weighted by atomic mass is 35.5. The van der Waals surface area contributed by atoms with E-state index in [1.807, 2.05) is 13.0 Å². The second-order valence-electron chi connectivity index (χ2n) is 6.11. The van der Waals surface area contributed by atoms with Crippen molar-refractivity contribution in [3.63, 3.8) is 0 Å². The van der Waals surface area contributed by atoms with Crippen LogP contribution in [0.15, 0.2) is 12.1 Å². The number of likely N-dealkylation sites (tertiary alicyclic amines) is 1. The van der Waals surface area contributed by atoms with Gasteiger partial charge in [0.05, 0.1) is 5.02 Å². The van der Waals surface area contributed by atoms with Crippen molar-refractivity contribution < 1.29 is 4.39 Å². The summed E-state index contributed by atoms with van der Waals surface area (Å²) in [5.41, 5.74) is 2.15. The summed E-state index contributed by atoms with van der Waals surface area (Å²) >= 11 is 6.19. The first-order valence-corrected chi connectivity index (χ1v) is 6.91. The number of nitrogens with zero attached hydrogens (tertiary/aromatic N) is 1. The van der Waals surface area contributed by atoms with Gasteiger partial charge in [-0.1, -0.05) is 17.7 Å². The van der Waals surface area contributed by atoms with E-state index in [2.05, 4.69) is 25.7 Å². The lowest BCUT2D eigenvalue weighted by molar-refractivity contribution is 0.121. The number of rotatable bonds is 1. The second-order valence-corrected chi connectivity index (χ2v) is 6.49. The lowest BCUT2D eigenvalue weighted by Crippen LogP contribution is -2.40. The standard InChI is InChI=1S/C15H21ClFN/c1-10-7-8-11(17)14(16)13(10)12-6-5-9-18(12)15(2,3)4/h7-8,12H,5-6,9H2,1-4H3. The van der Waals surface area contributed by atoms with Gasteiger partial charge in [0.2, 0.25) is 0 Å². The maximum Gasteiger partial charge on any atom is 0.142 e. The predicted octanol–water partition coefficient (Wildman–Crippen LogP) is 4.72. The monoisotopic (exact) mass is 269 g/mol. The molecule has 0 aromatic heterocycles. The Morgan fingerprint density at radius 1 is 1.33 bits per heavy atom. The van der Waals surface area contributed by atoms with Crippen LogP contribution in [0.3, 0.4) is 0 Å². The number of aryl methyl sites for hydroxylation is 1. The van der Waals surface area contributed by atoms with Crippen LogP contribution in [0.1, 0.15) is 50.8 Å². The van der Waals surface area contributed by atoms with Crippen molar-refractivity contribution in [2.45, 2.75) is 52.1 Å². The summed E-state index contributed by atoms with van der Waals surface area (Å²) in [6.07, 6.45) is 2.20. The SMILES string of the molecule is Cc1ccc(F)c(Cl)c1C1CCCN1C(C)(C)C. The van der Waals surface area contributed by atoms with Crippen molar-refractivity contribution in [1.29, 1.82) is 0 Å². The van der Waals surface area contributed by atoms with Gasteiger partial charge in [0.15, 0.2) is 0 Å². The van der Waals surface area contributed by atoms with E-state index < -0.39 is 0 Å². The summed E-state index contributed by atoms with van der Waals surface area (Å²) in [6.45, 7) is 9.68. The first-order chi connectivity index (χ1) is 8.32. The molecule has 0 amide bonds. The Balaban J connectivity index is 2.46. The van der Waals surface area contributed by atoms with Gasteiger partial charge < -0.3 is 0 Å². The number of halogens is 2. The molecule has 1 fully saturated rings. The van der Waals surface area contributed by atoms with Gasteiger partial charge in [0, 0.05) is 11.6 Å². The molecule has 1 nitrogen and oxygen atoms in total. The van der Waals surface area contributed by atoms with Crippen LogP contribution < -0.4 is 0 Å². The lowest BCUT2D eigenvalue weighted by Gasteiger charge is -2.38. The van der Waals surface area contributed by atoms with Gasteiger partial charge >= 0.3 is 0 Å². The van der Waals surface area contributed by atoms with E-state index in [1.165, 1.54) is 6.07 Å². The first kappa shape index (κ1) is 13.8. The normalized spacial score (nSPS) is 21.6. The molecule has 1 unspecified atom stereocenters. The third-order valence-corrected chi connectivity index (χ3v) is 4.18. The van der Waals surface area contributed by atoms with E-state index in [-0.39, 0.29) is 17.4 Å². The van der Waals surface area contributed by atoms with Crippen molar-refractivity contribution in [2.24, 2.45) is 0 Å². The van der Waals surface area contributed by atoms with E-state index in [9.17, 15) is 4.39 Å². The Morgan fingerprint density at radius 3 is 2.61 bits per heavy atom. The minimum absolute atomic E-state index is 0.0866. The number of hydrogen-bond acceptors (Lipinski definition) is 1. The highest BCUT2D eigenvalue weighted by molar-refractivity contribution is 6.31. The fraction of sp³-hybridized carbons (Fsp3) is 0.600. The largest absolute Gasteiger partial charge is 0.291 e. The summed E-state index contributed by atoms with van der Waals surface area (Å²) in [5, 5.41) is 0.302. The molecular weight excluding hydrogens is 249 g/mol. The van der Waals surface area contributed by atoms with Gasteiger partial charge in [-0.3, -0.25) is 4.90 Å². The van der Waals surface area contributed by atoms with Gasteiger partial charge in [-0.05, 0) is 64.3 Å². The molecule has 0 saturated carbocycles. The van der Waals surface area contributed by atoms with Crippen LogP contribution >= 0.6 is 11.6 Å². The van der Waals surface area contributed by atoms with Crippen LogP contribution in [0.4, 0.5) is 4.39 Å². The highest BCUT2D eigenvalue weighted by Gasteiger charge is 2.35. The molecule has 0 N–H and O–H groups in total. The van der Waals surface area contributed by atoms with Gasteiger partial charge in [-0.15, -0.1) is 0 Å². The Labute approximate surface area is 114 Å². The maximum absolute atomic E-state index is 13.7. The summed E-state index contributed by atoms with van der Waals surface area (Å²) in [6, 6.07) is 3.53. The molecule has 1 aliphatic heterocycles. The summed E-state index contributed by atoms with van der Waals surface area (Å²) in [7, 11) is 0. The van der Waals surface area contributed by atoms with Gasteiger partial charge in [0.25, 0.3) is 0 Å². The van der Waals surface area contributed by atoms with Crippen LogP contribution in [0, 0.1) is 12.7 Å². The molecular formula is C15H21ClFN. The average molecular weight is 270 g/mol. The van der Waals surface area contributed by atoms with E-state index >= 15 is 0 Å². The van der Waals surface area contributed by atoms with Gasteiger partial charge in [-0.2, -0.15) is 0 Å². The van der Waals surface area contributed by atoms with Crippen LogP contribution in [-0.2, 0) is 0 Å². The third kappa shape index (κ3) is 2.41. The molecule has 1 heterocycles. The van der Waals surface area contributed by atoms with Crippen LogP contribution in [0.5, 0.6) is 0 Å². The van der Waals surface area contributed by atoms with Gasteiger partial charge in [0.1, 0.15) is 5.82 Å². The fourth-order valence-corrected chi connectivity index (χ4v) is 3.28. The fourth-order valence-electron chi connectivity index (χ4n) is 2.94. The molecule has 0 spiro atoms. The van der Waals surface area contributed by atoms with Gasteiger partial charge in [-0.25, -0.2) is 4.39 Å². The molecule has 0 radical (unpaired) electrons. The van der Waals surface area contributed by atoms with Crippen molar-refractivity contribution in [3.05, 3.63) is 34.1 Å². The molecule has 1 aromatic carbocycles. The topological polar surface area (TPSA) is 3.24 Å². The van der Waals surface area contributed by atoms with E-state index in [0.717, 1.165) is 30.5 Å². The smallest absolute Gasteiger partial charge is 0.142 e. The Morgan fingerprint density at radius 2 is 2.00 bits per heavy atom.